The van der Waals surface area contributed by atoms with E-state index in [4.69, 9.17) is 10.8 Å². The maximum Gasteiger partial charge on any atom is 0.330 e. The zero-order chi connectivity index (χ0) is 14.4. The molecule has 1 aromatic rings. The van der Waals surface area contributed by atoms with Gasteiger partial charge in [-0.25, -0.2) is 4.79 Å². The number of aliphatic hydroxyl groups is 1. The second kappa shape index (κ2) is 6.98. The lowest BCUT2D eigenvalue weighted by Crippen LogP contribution is -2.39. The topological polar surface area (TPSA) is 104 Å². The minimum absolute atomic E-state index is 0.0446. The standard InChI is InChI=1S/C12H22N4O3/c1-3-6-16-10(13)9(11(18)14-12(16)19)15(4-2)7-5-8-17/h17H,3-8,13H2,1-2H3,(H,14,18,19). The number of rotatable bonds is 7. The van der Waals surface area contributed by atoms with Gasteiger partial charge in [-0.1, -0.05) is 6.92 Å². The van der Waals surface area contributed by atoms with Gasteiger partial charge in [-0.2, -0.15) is 0 Å². The van der Waals surface area contributed by atoms with Crippen LogP contribution in [0.15, 0.2) is 9.59 Å². The van der Waals surface area contributed by atoms with Crippen LogP contribution in [0.25, 0.3) is 0 Å². The smallest absolute Gasteiger partial charge is 0.330 e. The van der Waals surface area contributed by atoms with Gasteiger partial charge >= 0.3 is 5.69 Å². The molecule has 7 nitrogen and oxygen atoms in total. The van der Waals surface area contributed by atoms with Crippen molar-refractivity contribution in [2.75, 3.05) is 30.3 Å². The highest BCUT2D eigenvalue weighted by molar-refractivity contribution is 5.62. The minimum atomic E-state index is -0.480. The molecule has 1 aromatic heterocycles. The number of hydrogen-bond donors (Lipinski definition) is 3. The van der Waals surface area contributed by atoms with Crippen LogP contribution < -0.4 is 21.9 Å². The van der Waals surface area contributed by atoms with Gasteiger partial charge in [0.25, 0.3) is 5.56 Å². The van der Waals surface area contributed by atoms with Crippen LogP contribution in [0, 0.1) is 0 Å². The van der Waals surface area contributed by atoms with Crippen LogP contribution >= 0.6 is 0 Å². The number of H-pyrrole nitrogens is 1. The molecule has 1 heterocycles. The summed E-state index contributed by atoms with van der Waals surface area (Å²) in [5.74, 6) is 0.190. The molecule has 4 N–H and O–H groups in total. The number of aromatic amines is 1. The van der Waals surface area contributed by atoms with Gasteiger partial charge in [0.05, 0.1) is 0 Å². The molecule has 0 aliphatic heterocycles. The van der Waals surface area contributed by atoms with Crippen molar-refractivity contribution >= 4 is 11.5 Å². The maximum atomic E-state index is 11.9. The lowest BCUT2D eigenvalue weighted by Gasteiger charge is -2.24. The van der Waals surface area contributed by atoms with E-state index < -0.39 is 11.2 Å². The molecule has 0 saturated carbocycles. The van der Waals surface area contributed by atoms with Crippen LogP contribution in [0.5, 0.6) is 0 Å². The molecule has 108 valence electrons. The van der Waals surface area contributed by atoms with Crippen molar-refractivity contribution in [1.29, 1.82) is 0 Å². The second-order valence-corrected chi connectivity index (χ2v) is 4.30. The predicted octanol–water partition coefficient (Wildman–Crippen LogP) is -0.262. The quantitative estimate of drug-likeness (QED) is 0.633. The molecule has 0 radical (unpaired) electrons. The third kappa shape index (κ3) is 3.37. The van der Waals surface area contributed by atoms with Crippen molar-refractivity contribution in [2.45, 2.75) is 33.2 Å². The normalized spacial score (nSPS) is 10.7. The first-order valence-corrected chi connectivity index (χ1v) is 6.55. The van der Waals surface area contributed by atoms with Crippen molar-refractivity contribution in [3.05, 3.63) is 20.8 Å². The number of nitrogens with two attached hydrogens (primary N) is 1. The van der Waals surface area contributed by atoms with Gasteiger partial charge in [-0.15, -0.1) is 0 Å². The van der Waals surface area contributed by atoms with E-state index in [1.807, 2.05) is 13.8 Å². The highest BCUT2D eigenvalue weighted by Gasteiger charge is 2.16. The molecular formula is C12H22N4O3. The zero-order valence-corrected chi connectivity index (χ0v) is 11.5. The Morgan fingerprint density at radius 1 is 1.37 bits per heavy atom. The monoisotopic (exact) mass is 270 g/mol. The lowest BCUT2D eigenvalue weighted by atomic mass is 10.3. The Bertz CT molecular complexity index is 521. The largest absolute Gasteiger partial charge is 0.396 e. The Balaban J connectivity index is 3.29. The molecule has 0 aromatic carbocycles. The van der Waals surface area contributed by atoms with Crippen molar-refractivity contribution in [3.8, 4) is 0 Å². The molecule has 0 unspecified atom stereocenters. The first-order chi connectivity index (χ1) is 9.06. The van der Waals surface area contributed by atoms with E-state index in [1.54, 1.807) is 4.90 Å². The molecule has 0 fully saturated rings. The van der Waals surface area contributed by atoms with Crippen molar-refractivity contribution in [1.82, 2.24) is 9.55 Å². The van der Waals surface area contributed by atoms with Gasteiger partial charge in [0.1, 0.15) is 11.5 Å². The van der Waals surface area contributed by atoms with Gasteiger partial charge in [-0.05, 0) is 19.8 Å². The van der Waals surface area contributed by atoms with Crippen LogP contribution in [0.4, 0.5) is 11.5 Å². The van der Waals surface area contributed by atoms with E-state index in [-0.39, 0.29) is 12.4 Å². The van der Waals surface area contributed by atoms with Gasteiger partial charge in [-0.3, -0.25) is 14.3 Å². The summed E-state index contributed by atoms with van der Waals surface area (Å²) in [5.41, 5.74) is 5.31. The molecule has 0 aliphatic rings. The summed E-state index contributed by atoms with van der Waals surface area (Å²) >= 11 is 0. The molecule has 1 rings (SSSR count). The third-order valence-corrected chi connectivity index (χ3v) is 2.95. The van der Waals surface area contributed by atoms with Crippen LogP contribution in [0.2, 0.25) is 0 Å². The lowest BCUT2D eigenvalue weighted by molar-refractivity contribution is 0.289. The molecular weight excluding hydrogens is 248 g/mol. The fourth-order valence-corrected chi connectivity index (χ4v) is 2.02. The van der Waals surface area contributed by atoms with Crippen LogP contribution in [0.1, 0.15) is 26.7 Å². The maximum absolute atomic E-state index is 11.9. The predicted molar refractivity (Wildman–Crippen MR) is 75.6 cm³/mol. The Morgan fingerprint density at radius 3 is 2.58 bits per heavy atom. The summed E-state index contributed by atoms with van der Waals surface area (Å²) in [6.07, 6.45) is 1.29. The minimum Gasteiger partial charge on any atom is -0.396 e. The second-order valence-electron chi connectivity index (χ2n) is 4.30. The molecule has 0 bridgehead atoms. The number of nitrogen functional groups attached to an aromatic ring is 1. The molecule has 0 spiro atoms. The first kappa shape index (κ1) is 15.3. The summed E-state index contributed by atoms with van der Waals surface area (Å²) in [6, 6.07) is 0. The zero-order valence-electron chi connectivity index (χ0n) is 11.5. The van der Waals surface area contributed by atoms with E-state index in [2.05, 4.69) is 4.98 Å². The average Bonchev–Trinajstić information content (AvgIpc) is 2.38. The summed E-state index contributed by atoms with van der Waals surface area (Å²) < 4.78 is 1.37. The average molecular weight is 270 g/mol. The van der Waals surface area contributed by atoms with Gasteiger partial charge < -0.3 is 15.7 Å². The first-order valence-electron chi connectivity index (χ1n) is 6.55. The number of hydrogen-bond acceptors (Lipinski definition) is 5. The number of nitrogens with one attached hydrogen (secondary N) is 1. The molecule has 19 heavy (non-hydrogen) atoms. The molecule has 0 saturated heterocycles. The fourth-order valence-electron chi connectivity index (χ4n) is 2.02. The highest BCUT2D eigenvalue weighted by atomic mass is 16.3. The van der Waals surface area contributed by atoms with Gasteiger partial charge in [0.2, 0.25) is 0 Å². The van der Waals surface area contributed by atoms with Crippen molar-refractivity contribution in [3.63, 3.8) is 0 Å². The third-order valence-electron chi connectivity index (χ3n) is 2.95. The fraction of sp³-hybridized carbons (Fsp3) is 0.667. The number of anilines is 2. The van der Waals surface area contributed by atoms with Crippen molar-refractivity contribution < 1.29 is 5.11 Å². The van der Waals surface area contributed by atoms with E-state index in [1.165, 1.54) is 4.57 Å². The van der Waals surface area contributed by atoms with E-state index in [0.29, 0.717) is 31.7 Å². The number of aromatic nitrogens is 2. The Kier molecular flexibility index (Phi) is 5.62. The van der Waals surface area contributed by atoms with Gasteiger partial charge in [0, 0.05) is 26.2 Å². The number of aliphatic hydroxyl groups excluding tert-OH is 1. The van der Waals surface area contributed by atoms with E-state index in [9.17, 15) is 9.59 Å². The Labute approximate surface area is 111 Å². The molecule has 0 aliphatic carbocycles. The molecule has 7 heteroatoms. The van der Waals surface area contributed by atoms with E-state index in [0.717, 1.165) is 6.42 Å². The summed E-state index contributed by atoms with van der Waals surface area (Å²) in [5, 5.41) is 8.88. The van der Waals surface area contributed by atoms with Crippen LogP contribution in [0.3, 0.4) is 0 Å². The van der Waals surface area contributed by atoms with Crippen LogP contribution in [-0.4, -0.2) is 34.4 Å². The van der Waals surface area contributed by atoms with Crippen molar-refractivity contribution in [2.24, 2.45) is 0 Å². The molecule has 0 amide bonds. The summed E-state index contributed by atoms with van der Waals surface area (Å²) in [7, 11) is 0. The summed E-state index contributed by atoms with van der Waals surface area (Å²) in [6.45, 7) is 5.43. The SMILES string of the molecule is CCCn1c(N)c(N(CC)CCCO)c(=O)[nH]c1=O. The number of nitrogens with zero attached hydrogens (tertiary/aromatic N) is 2. The Hall–Kier alpha value is -1.76. The molecule has 0 atom stereocenters. The van der Waals surface area contributed by atoms with Crippen LogP contribution in [-0.2, 0) is 6.54 Å². The highest BCUT2D eigenvalue weighted by Crippen LogP contribution is 2.16. The Morgan fingerprint density at radius 2 is 2.05 bits per heavy atom. The van der Waals surface area contributed by atoms with E-state index >= 15 is 0 Å². The summed E-state index contributed by atoms with van der Waals surface area (Å²) in [4.78, 5) is 27.7. The van der Waals surface area contributed by atoms with Gasteiger partial charge in [0.15, 0.2) is 0 Å².